The number of benzene rings is 3. The average Bonchev–Trinajstić information content (AvgIpc) is 2.37. The molecule has 0 radical (unpaired) electrons. The van der Waals surface area contributed by atoms with Crippen molar-refractivity contribution in [1.82, 2.24) is 0 Å². The number of rotatable bonds is 1. The highest BCUT2D eigenvalue weighted by atomic mass is 35.5. The molecule has 0 unspecified atom stereocenters. The van der Waals surface area contributed by atoms with Crippen molar-refractivity contribution in [2.24, 2.45) is 0 Å². The highest BCUT2D eigenvalue weighted by Crippen LogP contribution is 2.38. The van der Waals surface area contributed by atoms with Gasteiger partial charge in [0.05, 0.1) is 10.0 Å². The number of fused-ring (bicyclic) bond motifs is 1. The maximum absolute atomic E-state index is 13.2. The van der Waals surface area contributed by atoms with Gasteiger partial charge in [-0.25, -0.2) is 4.39 Å². The summed E-state index contributed by atoms with van der Waals surface area (Å²) in [7, 11) is 0. The van der Waals surface area contributed by atoms with Gasteiger partial charge in [-0.3, -0.25) is 0 Å². The Balaban J connectivity index is 2.23. The van der Waals surface area contributed by atoms with Crippen LogP contribution in [0.25, 0.3) is 21.9 Å². The van der Waals surface area contributed by atoms with E-state index in [1.54, 1.807) is 18.2 Å². The minimum Gasteiger partial charge on any atom is -0.207 e. The third kappa shape index (κ3) is 2.49. The average molecular weight is 326 g/mol. The zero-order chi connectivity index (χ0) is 14.3. The molecule has 0 heterocycles. The molecular formula is C16H8Cl3F. The smallest absolute Gasteiger partial charge is 0.123 e. The molecule has 20 heavy (non-hydrogen) atoms. The summed E-state index contributed by atoms with van der Waals surface area (Å²) in [6.45, 7) is 0. The lowest BCUT2D eigenvalue weighted by Gasteiger charge is -2.09. The van der Waals surface area contributed by atoms with Crippen LogP contribution in [0.2, 0.25) is 15.1 Å². The van der Waals surface area contributed by atoms with E-state index in [9.17, 15) is 4.39 Å². The van der Waals surface area contributed by atoms with Crippen LogP contribution in [-0.4, -0.2) is 0 Å². The highest BCUT2D eigenvalue weighted by molar-refractivity contribution is 6.41. The third-order valence-electron chi connectivity index (χ3n) is 3.10. The number of hydrogen-bond donors (Lipinski definition) is 0. The molecule has 0 atom stereocenters. The first-order valence-electron chi connectivity index (χ1n) is 5.89. The molecule has 0 spiro atoms. The summed E-state index contributed by atoms with van der Waals surface area (Å²) >= 11 is 18.3. The summed E-state index contributed by atoms with van der Waals surface area (Å²) in [5, 5.41) is 3.22. The first-order chi connectivity index (χ1) is 9.54. The molecule has 0 nitrogen and oxygen atoms in total. The van der Waals surface area contributed by atoms with E-state index in [0.29, 0.717) is 15.1 Å². The molecular weight excluding hydrogens is 318 g/mol. The van der Waals surface area contributed by atoms with Crippen LogP contribution in [0.15, 0.2) is 48.5 Å². The van der Waals surface area contributed by atoms with Gasteiger partial charge in [-0.1, -0.05) is 53.0 Å². The molecule has 3 aromatic rings. The van der Waals surface area contributed by atoms with Crippen molar-refractivity contribution < 1.29 is 4.39 Å². The lowest BCUT2D eigenvalue weighted by Crippen LogP contribution is -1.84. The van der Waals surface area contributed by atoms with Crippen LogP contribution >= 0.6 is 34.8 Å². The van der Waals surface area contributed by atoms with Crippen molar-refractivity contribution in [3.63, 3.8) is 0 Å². The van der Waals surface area contributed by atoms with Crippen molar-refractivity contribution >= 4 is 45.6 Å². The SMILES string of the molecule is Fc1ccc2cc(-c3c(Cl)cc(Cl)cc3Cl)ccc2c1. The third-order valence-corrected chi connectivity index (χ3v) is 3.91. The molecule has 0 aliphatic rings. The van der Waals surface area contributed by atoms with Gasteiger partial charge in [0, 0.05) is 10.6 Å². The van der Waals surface area contributed by atoms with E-state index < -0.39 is 0 Å². The Bertz CT molecular complexity index is 789. The highest BCUT2D eigenvalue weighted by Gasteiger charge is 2.10. The Morgan fingerprint density at radius 1 is 0.700 bits per heavy atom. The largest absolute Gasteiger partial charge is 0.207 e. The molecule has 0 aliphatic carbocycles. The van der Waals surface area contributed by atoms with E-state index in [4.69, 9.17) is 34.8 Å². The number of halogens is 4. The fourth-order valence-corrected chi connectivity index (χ4v) is 3.23. The molecule has 3 aromatic carbocycles. The molecule has 0 saturated heterocycles. The maximum Gasteiger partial charge on any atom is 0.123 e. The Kier molecular flexibility index (Phi) is 3.59. The van der Waals surface area contributed by atoms with Crippen LogP contribution in [0.1, 0.15) is 0 Å². The lowest BCUT2D eigenvalue weighted by molar-refractivity contribution is 0.630. The molecule has 4 heteroatoms. The van der Waals surface area contributed by atoms with Crippen LogP contribution in [-0.2, 0) is 0 Å². The van der Waals surface area contributed by atoms with Gasteiger partial charge in [-0.2, -0.15) is 0 Å². The van der Waals surface area contributed by atoms with Crippen molar-refractivity contribution in [3.05, 3.63) is 69.4 Å². The fourth-order valence-electron chi connectivity index (χ4n) is 2.19. The molecule has 0 amide bonds. The van der Waals surface area contributed by atoms with Crippen molar-refractivity contribution in [2.45, 2.75) is 0 Å². The summed E-state index contributed by atoms with van der Waals surface area (Å²) in [5.41, 5.74) is 1.60. The summed E-state index contributed by atoms with van der Waals surface area (Å²) in [6, 6.07) is 13.6. The van der Waals surface area contributed by atoms with Gasteiger partial charge in [-0.05, 0) is 46.7 Å². The van der Waals surface area contributed by atoms with Gasteiger partial charge >= 0.3 is 0 Å². The van der Waals surface area contributed by atoms with E-state index in [-0.39, 0.29) is 5.82 Å². The summed E-state index contributed by atoms with van der Waals surface area (Å²) in [4.78, 5) is 0. The standard InChI is InChI=1S/C16H8Cl3F/c17-12-7-14(18)16(15(19)8-12)11-2-1-10-6-13(20)4-3-9(10)5-11/h1-8H. The quantitative estimate of drug-likeness (QED) is 0.472. The van der Waals surface area contributed by atoms with Gasteiger partial charge < -0.3 is 0 Å². The van der Waals surface area contributed by atoms with Crippen LogP contribution in [0.5, 0.6) is 0 Å². The zero-order valence-corrected chi connectivity index (χ0v) is 12.4. The van der Waals surface area contributed by atoms with Crippen LogP contribution in [0.3, 0.4) is 0 Å². The summed E-state index contributed by atoms with van der Waals surface area (Å²) in [6.07, 6.45) is 0. The monoisotopic (exact) mass is 324 g/mol. The molecule has 3 rings (SSSR count). The molecule has 0 aliphatic heterocycles. The van der Waals surface area contributed by atoms with Crippen molar-refractivity contribution in [1.29, 1.82) is 0 Å². The molecule has 0 fully saturated rings. The summed E-state index contributed by atoms with van der Waals surface area (Å²) < 4.78 is 13.2. The maximum atomic E-state index is 13.2. The van der Waals surface area contributed by atoms with Gasteiger partial charge in [-0.15, -0.1) is 0 Å². The van der Waals surface area contributed by atoms with Crippen LogP contribution < -0.4 is 0 Å². The topological polar surface area (TPSA) is 0 Å². The van der Waals surface area contributed by atoms with Gasteiger partial charge in [0.1, 0.15) is 5.82 Å². The second-order valence-electron chi connectivity index (χ2n) is 4.45. The minimum absolute atomic E-state index is 0.257. The predicted molar refractivity (Wildman–Crippen MR) is 84.4 cm³/mol. The second-order valence-corrected chi connectivity index (χ2v) is 5.70. The van der Waals surface area contributed by atoms with E-state index >= 15 is 0 Å². The van der Waals surface area contributed by atoms with E-state index in [1.807, 2.05) is 18.2 Å². The number of hydrogen-bond acceptors (Lipinski definition) is 0. The minimum atomic E-state index is -0.257. The van der Waals surface area contributed by atoms with Crippen molar-refractivity contribution in [3.8, 4) is 11.1 Å². The molecule has 0 aromatic heterocycles. The van der Waals surface area contributed by atoms with E-state index in [1.165, 1.54) is 12.1 Å². The van der Waals surface area contributed by atoms with Crippen molar-refractivity contribution in [2.75, 3.05) is 0 Å². The molecule has 0 saturated carbocycles. The Labute approximate surface area is 130 Å². The molecule has 0 bridgehead atoms. The Morgan fingerprint density at radius 2 is 1.30 bits per heavy atom. The zero-order valence-electron chi connectivity index (χ0n) is 10.1. The van der Waals surface area contributed by atoms with Gasteiger partial charge in [0.2, 0.25) is 0 Å². The fraction of sp³-hybridized carbons (Fsp3) is 0. The molecule has 0 N–H and O–H groups in total. The van der Waals surface area contributed by atoms with Crippen LogP contribution in [0, 0.1) is 5.82 Å². The predicted octanol–water partition coefficient (Wildman–Crippen LogP) is 6.61. The second kappa shape index (κ2) is 5.25. The van der Waals surface area contributed by atoms with E-state index in [0.717, 1.165) is 21.9 Å². The Morgan fingerprint density at radius 3 is 2.00 bits per heavy atom. The molecule has 100 valence electrons. The van der Waals surface area contributed by atoms with Gasteiger partial charge in [0.15, 0.2) is 0 Å². The lowest BCUT2D eigenvalue weighted by atomic mass is 10.0. The van der Waals surface area contributed by atoms with Crippen LogP contribution in [0.4, 0.5) is 4.39 Å². The first-order valence-corrected chi connectivity index (χ1v) is 7.02. The summed E-state index contributed by atoms with van der Waals surface area (Å²) in [5.74, 6) is -0.257. The van der Waals surface area contributed by atoms with Gasteiger partial charge in [0.25, 0.3) is 0 Å². The normalized spacial score (nSPS) is 11.0. The Hall–Kier alpha value is -1.28. The first kappa shape index (κ1) is 13.7. The van der Waals surface area contributed by atoms with E-state index in [2.05, 4.69) is 0 Å².